The molecule has 0 atom stereocenters. The van der Waals surface area contributed by atoms with Crippen molar-refractivity contribution in [1.82, 2.24) is 39.6 Å². The Morgan fingerprint density at radius 3 is 1.71 bits per heavy atom. The average Bonchev–Trinajstić information content (AvgIpc) is 2.93. The predicted molar refractivity (Wildman–Crippen MR) is 180 cm³/mol. The van der Waals surface area contributed by atoms with Gasteiger partial charge in [-0.05, 0) is 81.8 Å². The summed E-state index contributed by atoms with van der Waals surface area (Å²) in [6.07, 6.45) is 7.04. The lowest BCUT2D eigenvalue weighted by Gasteiger charge is -2.30. The minimum Gasteiger partial charge on any atom is -0.508 e. The van der Waals surface area contributed by atoms with Crippen molar-refractivity contribution >= 4 is 47.5 Å². The first-order chi connectivity index (χ1) is 18.0. The first kappa shape index (κ1) is 38.0. The van der Waals surface area contributed by atoms with Crippen LogP contribution in [0.15, 0.2) is 36.4 Å². The number of phenolic OH excluding ortho intramolecular Hbond substituents is 2. The van der Waals surface area contributed by atoms with Crippen LogP contribution in [0.2, 0.25) is 0 Å². The molecule has 242 valence electrons. The number of phenols is 2. The molecular formula is C27H54ClN11O3. The van der Waals surface area contributed by atoms with Crippen molar-refractivity contribution in [2.45, 2.75) is 45.4 Å². The lowest BCUT2D eigenvalue weighted by atomic mass is 10.1. The molecule has 0 aliphatic carbocycles. The van der Waals surface area contributed by atoms with Crippen molar-refractivity contribution in [3.63, 3.8) is 0 Å². The van der Waals surface area contributed by atoms with E-state index in [0.29, 0.717) is 23.5 Å². The molecule has 2 aliphatic rings. The first-order valence-corrected chi connectivity index (χ1v) is 12.9. The van der Waals surface area contributed by atoms with Gasteiger partial charge in [-0.3, -0.25) is 4.79 Å². The highest BCUT2D eigenvalue weighted by molar-refractivity contribution is 6.06. The van der Waals surface area contributed by atoms with Crippen LogP contribution in [-0.4, -0.2) is 57.3 Å². The Morgan fingerprint density at radius 2 is 1.21 bits per heavy atom. The van der Waals surface area contributed by atoms with Gasteiger partial charge in [0.05, 0.1) is 5.56 Å². The van der Waals surface area contributed by atoms with E-state index in [9.17, 15) is 15.0 Å². The van der Waals surface area contributed by atoms with Crippen LogP contribution >= 0.6 is 12.4 Å². The van der Waals surface area contributed by atoms with Crippen molar-refractivity contribution in [1.29, 1.82) is 0 Å². The van der Waals surface area contributed by atoms with E-state index in [1.54, 1.807) is 19.1 Å². The maximum absolute atomic E-state index is 12.6. The topological polar surface area (TPSA) is 267 Å². The molecule has 1 amide bonds. The molecule has 0 bridgehead atoms. The Bertz CT molecular complexity index is 1250. The van der Waals surface area contributed by atoms with Crippen LogP contribution < -0.4 is 45.0 Å². The minimum absolute atomic E-state index is 0. The minimum atomic E-state index is -0.462. The van der Waals surface area contributed by atoms with Crippen LogP contribution in [0.25, 0.3) is 0 Å². The zero-order chi connectivity index (χ0) is 25.8. The van der Waals surface area contributed by atoms with Crippen LogP contribution in [0, 0.1) is 6.92 Å². The Morgan fingerprint density at radius 1 is 0.738 bits per heavy atom. The van der Waals surface area contributed by atoms with Crippen molar-refractivity contribution < 1.29 is 20.7 Å². The molecule has 3 heterocycles. The van der Waals surface area contributed by atoms with Gasteiger partial charge < -0.3 is 55.2 Å². The zero-order valence-electron chi connectivity index (χ0n) is 24.3. The molecule has 3 aromatic rings. The lowest BCUT2D eigenvalue weighted by Crippen LogP contribution is -2.34. The van der Waals surface area contributed by atoms with Gasteiger partial charge in [0.1, 0.15) is 11.5 Å². The monoisotopic (exact) mass is 615 g/mol. The smallest absolute Gasteiger partial charge is 0.259 e. The first-order valence-electron chi connectivity index (χ1n) is 12.9. The molecule has 2 aromatic carbocycles. The number of nitrogens with one attached hydrogen (secondary N) is 2. The molecule has 0 saturated carbocycles. The Kier molecular flexibility index (Phi) is 15.5. The molecule has 14 nitrogen and oxygen atoms in total. The highest BCUT2D eigenvalue weighted by Gasteiger charge is 2.21. The van der Waals surface area contributed by atoms with E-state index in [2.05, 4.69) is 20.4 Å². The third kappa shape index (κ3) is 8.77. The molecule has 42 heavy (non-hydrogen) atoms. The number of halogens is 1. The summed E-state index contributed by atoms with van der Waals surface area (Å²) in [6.45, 7) is 5.36. The van der Waals surface area contributed by atoms with Crippen molar-refractivity contribution in [3.8, 4) is 11.5 Å². The van der Waals surface area contributed by atoms with E-state index in [4.69, 9.17) is 15.0 Å². The fourth-order valence-electron chi connectivity index (χ4n) is 4.72. The van der Waals surface area contributed by atoms with Gasteiger partial charge in [-0.1, -0.05) is 0 Å². The van der Waals surface area contributed by atoms with E-state index in [1.807, 2.05) is 12.1 Å². The van der Waals surface area contributed by atoms with E-state index < -0.39 is 5.91 Å². The van der Waals surface area contributed by atoms with Gasteiger partial charge in [-0.25, -0.2) is 0 Å². The number of amides is 1. The summed E-state index contributed by atoms with van der Waals surface area (Å²) in [6, 6.07) is 9.99. The maximum Gasteiger partial charge on any atom is 0.259 e. The van der Waals surface area contributed by atoms with Crippen LogP contribution in [-0.2, 0) is 0 Å². The molecule has 15 heteroatoms. The molecule has 2 aliphatic heterocycles. The summed E-state index contributed by atoms with van der Waals surface area (Å²) in [4.78, 5) is 31.4. The van der Waals surface area contributed by atoms with Gasteiger partial charge in [-0.2, -0.15) is 15.0 Å². The molecule has 2 saturated heterocycles. The van der Waals surface area contributed by atoms with Crippen molar-refractivity contribution in [2.75, 3.05) is 46.6 Å². The third-order valence-corrected chi connectivity index (χ3v) is 6.94. The number of hydrogen-bond acceptors (Lipinski definition) is 13. The van der Waals surface area contributed by atoms with Gasteiger partial charge in [0.2, 0.25) is 17.8 Å². The zero-order valence-corrected chi connectivity index (χ0v) is 25.1. The quantitative estimate of drug-likeness (QED) is 0.145. The van der Waals surface area contributed by atoms with Crippen molar-refractivity contribution in [2.24, 2.45) is 0 Å². The van der Waals surface area contributed by atoms with Gasteiger partial charge in [0.15, 0.2) is 0 Å². The van der Waals surface area contributed by atoms with E-state index in [-0.39, 0.29) is 65.3 Å². The summed E-state index contributed by atoms with van der Waals surface area (Å²) in [5, 5.41) is 26.0. The number of rotatable bonds is 6. The largest absolute Gasteiger partial charge is 0.508 e. The number of hydrogen-bond donors (Lipinski definition) is 8. The number of aromatic hydroxyl groups is 2. The molecule has 5 rings (SSSR count). The fourth-order valence-corrected chi connectivity index (χ4v) is 4.72. The number of nitrogens with zero attached hydrogens (tertiary/aromatic N) is 5. The van der Waals surface area contributed by atoms with E-state index in [1.165, 1.54) is 25.0 Å². The van der Waals surface area contributed by atoms with Crippen LogP contribution in [0.3, 0.4) is 0 Å². The van der Waals surface area contributed by atoms with Gasteiger partial charge >= 0.3 is 0 Å². The molecule has 0 spiro atoms. The highest BCUT2D eigenvalue weighted by atomic mass is 35.5. The SMILES string of the molecule is Cc1c(O)ccc(C(=O)Nc2ccc(Nc3nc(N4CCCCC4)nc(N4CCCCC4)n3)cc2)c1O.Cl.N.N.N.N.[HH].[HH].[HH].[HH]. The molecule has 2 fully saturated rings. The van der Waals surface area contributed by atoms with E-state index in [0.717, 1.165) is 57.5 Å². The third-order valence-electron chi connectivity index (χ3n) is 6.94. The van der Waals surface area contributed by atoms with Gasteiger partial charge in [0, 0.05) is 48.8 Å². The standard InChI is InChI=1S/C27H33N7O3.ClH.4H3N.4H2/c1-18-22(35)13-12-21(23(18)36)24(37)28-19-8-10-20(11-9-19)29-25-30-26(33-14-4-2-5-15-33)32-27(31-25)34-16-6-3-7-17-34;;;;;;;;;/h8-13,35-36H,2-7,14-17H2,1H3,(H,28,37)(H,29,30,31,32);1H;4*1H3;4*1H. The summed E-state index contributed by atoms with van der Waals surface area (Å²) in [7, 11) is 0. The molecule has 0 radical (unpaired) electrons. The maximum atomic E-state index is 12.6. The van der Waals surface area contributed by atoms with Gasteiger partial charge in [0.25, 0.3) is 5.91 Å². The summed E-state index contributed by atoms with van der Waals surface area (Å²) < 4.78 is 0. The predicted octanol–water partition coefficient (Wildman–Crippen LogP) is 6.62. The van der Waals surface area contributed by atoms with Crippen LogP contribution in [0.4, 0.5) is 29.2 Å². The lowest BCUT2D eigenvalue weighted by molar-refractivity contribution is 0.102. The summed E-state index contributed by atoms with van der Waals surface area (Å²) >= 11 is 0. The molecule has 0 unspecified atom stereocenters. The van der Waals surface area contributed by atoms with Crippen molar-refractivity contribution in [3.05, 3.63) is 47.5 Å². The number of benzene rings is 2. The van der Waals surface area contributed by atoms with E-state index >= 15 is 0 Å². The normalized spacial score (nSPS) is 14.0. The Balaban J connectivity index is -0.000000623. The second-order valence-electron chi connectivity index (χ2n) is 9.62. The molecule has 16 N–H and O–H groups in total. The van der Waals surface area contributed by atoms with Crippen LogP contribution in [0.1, 0.15) is 60.2 Å². The molecule has 1 aromatic heterocycles. The summed E-state index contributed by atoms with van der Waals surface area (Å²) in [5.74, 6) is 1.17. The molecular weight excluding hydrogens is 562 g/mol. The number of carbonyl (C=O) groups excluding carboxylic acids is 1. The summed E-state index contributed by atoms with van der Waals surface area (Å²) in [5.41, 5.74) is 1.71. The number of carbonyl (C=O) groups is 1. The second kappa shape index (κ2) is 17.1. The van der Waals surface area contributed by atoms with Gasteiger partial charge in [-0.15, -0.1) is 12.4 Å². The second-order valence-corrected chi connectivity index (χ2v) is 9.62. The highest BCUT2D eigenvalue weighted by Crippen LogP contribution is 2.30. The Labute approximate surface area is 259 Å². The Hall–Kier alpha value is -3.95. The number of anilines is 5. The average molecular weight is 616 g/mol. The number of aromatic nitrogens is 3. The fraction of sp³-hybridized carbons (Fsp3) is 0.407. The van der Waals surface area contributed by atoms with Crippen LogP contribution in [0.5, 0.6) is 11.5 Å². The number of piperidine rings is 2.